The quantitative estimate of drug-likeness (QED) is 0.496. The van der Waals surface area contributed by atoms with E-state index in [9.17, 15) is 4.79 Å². The third-order valence-electron chi connectivity index (χ3n) is 4.58. The number of rotatable bonds is 5. The summed E-state index contributed by atoms with van der Waals surface area (Å²) in [4.78, 5) is 12.9. The van der Waals surface area contributed by atoms with Crippen LogP contribution in [0.4, 0.5) is 0 Å². The minimum Gasteiger partial charge on any atom is -0.418 e. The van der Waals surface area contributed by atoms with Crippen molar-refractivity contribution in [1.29, 1.82) is 0 Å². The number of hydrogen-bond acceptors (Lipinski definition) is 4. The maximum atomic E-state index is 12.9. The zero-order chi connectivity index (χ0) is 20.2. The van der Waals surface area contributed by atoms with Crippen molar-refractivity contribution in [2.24, 2.45) is 0 Å². The van der Waals surface area contributed by atoms with Crippen LogP contribution in [0.25, 0.3) is 11.5 Å². The standard InChI is InChI=1S/C23H18ClN3O2/c1-15-7-5-6-10-19(15)21(28)25-20(16-11-13-18(24)14-12-16)23-27-26-22(29-23)17-8-3-2-4-9-17/h2-14,20H,1H3,(H,25,28). The molecule has 1 unspecified atom stereocenters. The van der Waals surface area contributed by atoms with Crippen molar-refractivity contribution in [2.75, 3.05) is 0 Å². The normalized spacial score (nSPS) is 11.8. The fourth-order valence-corrected chi connectivity index (χ4v) is 3.15. The van der Waals surface area contributed by atoms with Crippen molar-refractivity contribution < 1.29 is 9.21 Å². The molecule has 1 atom stereocenters. The lowest BCUT2D eigenvalue weighted by atomic mass is 10.0. The van der Waals surface area contributed by atoms with Crippen LogP contribution in [0.1, 0.15) is 33.4 Å². The van der Waals surface area contributed by atoms with E-state index in [1.807, 2.05) is 67.6 Å². The molecule has 0 aliphatic rings. The zero-order valence-corrected chi connectivity index (χ0v) is 16.4. The van der Waals surface area contributed by atoms with Crippen molar-refractivity contribution in [1.82, 2.24) is 15.5 Å². The molecule has 29 heavy (non-hydrogen) atoms. The summed E-state index contributed by atoms with van der Waals surface area (Å²) in [5.74, 6) is 0.473. The van der Waals surface area contributed by atoms with Crippen LogP contribution >= 0.6 is 11.6 Å². The summed E-state index contributed by atoms with van der Waals surface area (Å²) in [6.45, 7) is 1.90. The van der Waals surface area contributed by atoms with Crippen molar-refractivity contribution >= 4 is 17.5 Å². The smallest absolute Gasteiger partial charge is 0.252 e. The molecule has 1 aromatic heterocycles. The highest BCUT2D eigenvalue weighted by molar-refractivity contribution is 6.30. The number of benzene rings is 3. The SMILES string of the molecule is Cc1ccccc1C(=O)NC(c1ccc(Cl)cc1)c1nnc(-c2ccccc2)o1. The van der Waals surface area contributed by atoms with E-state index in [0.29, 0.717) is 22.4 Å². The molecule has 5 nitrogen and oxygen atoms in total. The zero-order valence-electron chi connectivity index (χ0n) is 15.7. The third kappa shape index (κ3) is 4.20. The molecule has 144 valence electrons. The van der Waals surface area contributed by atoms with Gasteiger partial charge in [0.05, 0.1) is 0 Å². The Hall–Kier alpha value is -3.44. The van der Waals surface area contributed by atoms with Crippen LogP contribution in [0.5, 0.6) is 0 Å². The minimum absolute atomic E-state index is 0.220. The monoisotopic (exact) mass is 403 g/mol. The summed E-state index contributed by atoms with van der Waals surface area (Å²) in [7, 11) is 0. The summed E-state index contributed by atoms with van der Waals surface area (Å²) >= 11 is 6.03. The Morgan fingerprint density at radius 3 is 2.34 bits per heavy atom. The molecule has 4 aromatic rings. The number of aryl methyl sites for hydroxylation is 1. The average molecular weight is 404 g/mol. The Balaban J connectivity index is 1.70. The number of nitrogens with one attached hydrogen (secondary N) is 1. The average Bonchev–Trinajstić information content (AvgIpc) is 3.23. The van der Waals surface area contributed by atoms with Gasteiger partial charge >= 0.3 is 0 Å². The molecule has 0 radical (unpaired) electrons. The van der Waals surface area contributed by atoms with Crippen LogP contribution < -0.4 is 5.32 Å². The summed E-state index contributed by atoms with van der Waals surface area (Å²) in [6.07, 6.45) is 0. The van der Waals surface area contributed by atoms with E-state index < -0.39 is 6.04 Å². The van der Waals surface area contributed by atoms with Gasteiger partial charge in [-0.3, -0.25) is 4.79 Å². The first-order chi connectivity index (χ1) is 14.1. The molecule has 4 rings (SSSR count). The summed E-state index contributed by atoms with van der Waals surface area (Å²) in [5.41, 5.74) is 3.08. The molecule has 0 saturated carbocycles. The van der Waals surface area contributed by atoms with Gasteiger partial charge in [-0.2, -0.15) is 0 Å². The molecule has 0 fully saturated rings. The second-order valence-corrected chi connectivity index (χ2v) is 7.02. The lowest BCUT2D eigenvalue weighted by Gasteiger charge is -2.16. The van der Waals surface area contributed by atoms with Crippen molar-refractivity contribution in [2.45, 2.75) is 13.0 Å². The van der Waals surface area contributed by atoms with Gasteiger partial charge in [-0.25, -0.2) is 0 Å². The van der Waals surface area contributed by atoms with Gasteiger partial charge < -0.3 is 9.73 Å². The first-order valence-electron chi connectivity index (χ1n) is 9.12. The Bertz CT molecular complexity index is 1120. The molecular weight excluding hydrogens is 386 g/mol. The number of carbonyl (C=O) groups excluding carboxylic acids is 1. The topological polar surface area (TPSA) is 68.0 Å². The van der Waals surface area contributed by atoms with Gasteiger partial charge in [-0.15, -0.1) is 10.2 Å². The number of aromatic nitrogens is 2. The van der Waals surface area contributed by atoms with Gasteiger partial charge in [-0.05, 0) is 48.4 Å². The van der Waals surface area contributed by atoms with Gasteiger partial charge in [0.2, 0.25) is 11.8 Å². The number of amides is 1. The van der Waals surface area contributed by atoms with Gasteiger partial charge in [0.15, 0.2) is 0 Å². The highest BCUT2D eigenvalue weighted by Gasteiger charge is 2.24. The Kier molecular flexibility index (Phi) is 5.40. The Labute approximate surface area is 173 Å². The number of nitrogens with zero attached hydrogens (tertiary/aromatic N) is 2. The lowest BCUT2D eigenvalue weighted by molar-refractivity contribution is 0.0937. The van der Waals surface area contributed by atoms with E-state index in [1.54, 1.807) is 18.2 Å². The van der Waals surface area contributed by atoms with Gasteiger partial charge in [0.1, 0.15) is 6.04 Å². The predicted octanol–water partition coefficient (Wildman–Crippen LogP) is 5.22. The van der Waals surface area contributed by atoms with E-state index in [1.165, 1.54) is 0 Å². The van der Waals surface area contributed by atoms with E-state index >= 15 is 0 Å². The second-order valence-electron chi connectivity index (χ2n) is 6.58. The van der Waals surface area contributed by atoms with Gasteiger partial charge in [0, 0.05) is 16.1 Å². The predicted molar refractivity (Wildman–Crippen MR) is 112 cm³/mol. The number of carbonyl (C=O) groups is 1. The first kappa shape index (κ1) is 18.9. The second kappa shape index (κ2) is 8.29. The van der Waals surface area contributed by atoms with Crippen LogP contribution in [0.2, 0.25) is 5.02 Å². The van der Waals surface area contributed by atoms with E-state index in [-0.39, 0.29) is 5.91 Å². The maximum Gasteiger partial charge on any atom is 0.252 e. The van der Waals surface area contributed by atoms with Crippen LogP contribution in [0.3, 0.4) is 0 Å². The molecule has 3 aromatic carbocycles. The van der Waals surface area contributed by atoms with Crippen LogP contribution in [-0.2, 0) is 0 Å². The molecule has 0 spiro atoms. The largest absolute Gasteiger partial charge is 0.418 e. The third-order valence-corrected chi connectivity index (χ3v) is 4.83. The molecule has 0 aliphatic carbocycles. The fraction of sp³-hybridized carbons (Fsp3) is 0.0870. The van der Waals surface area contributed by atoms with E-state index in [2.05, 4.69) is 15.5 Å². The van der Waals surface area contributed by atoms with Crippen molar-refractivity contribution in [3.05, 3.63) is 106 Å². The van der Waals surface area contributed by atoms with E-state index in [4.69, 9.17) is 16.0 Å². The lowest BCUT2D eigenvalue weighted by Crippen LogP contribution is -2.30. The van der Waals surface area contributed by atoms with Crippen molar-refractivity contribution in [3.8, 4) is 11.5 Å². The summed E-state index contributed by atoms with van der Waals surface area (Å²) in [5, 5.41) is 12.0. The highest BCUT2D eigenvalue weighted by Crippen LogP contribution is 2.26. The van der Waals surface area contributed by atoms with Gasteiger partial charge in [0.25, 0.3) is 5.91 Å². The molecule has 0 bridgehead atoms. The van der Waals surface area contributed by atoms with Crippen LogP contribution in [0, 0.1) is 6.92 Å². The molecule has 6 heteroatoms. The number of halogens is 1. The molecule has 1 N–H and O–H groups in total. The number of hydrogen-bond donors (Lipinski definition) is 1. The molecule has 0 saturated heterocycles. The van der Waals surface area contributed by atoms with Crippen molar-refractivity contribution in [3.63, 3.8) is 0 Å². The first-order valence-corrected chi connectivity index (χ1v) is 9.50. The highest BCUT2D eigenvalue weighted by atomic mass is 35.5. The van der Waals surface area contributed by atoms with E-state index in [0.717, 1.165) is 16.7 Å². The van der Waals surface area contributed by atoms with Gasteiger partial charge in [-0.1, -0.05) is 60.1 Å². The molecule has 1 amide bonds. The Morgan fingerprint density at radius 1 is 0.931 bits per heavy atom. The summed E-state index contributed by atoms with van der Waals surface area (Å²) < 4.78 is 5.91. The fourth-order valence-electron chi connectivity index (χ4n) is 3.03. The van der Waals surface area contributed by atoms with Crippen LogP contribution in [0.15, 0.2) is 83.3 Å². The Morgan fingerprint density at radius 2 is 1.62 bits per heavy atom. The minimum atomic E-state index is -0.607. The molecule has 0 aliphatic heterocycles. The van der Waals surface area contributed by atoms with Crippen LogP contribution in [-0.4, -0.2) is 16.1 Å². The maximum absolute atomic E-state index is 12.9. The molecule has 1 heterocycles. The molecular formula is C23H18ClN3O2. The summed E-state index contributed by atoms with van der Waals surface area (Å²) in [6, 6.07) is 23.5.